The summed E-state index contributed by atoms with van der Waals surface area (Å²) in [4.78, 5) is 12.4. The highest BCUT2D eigenvalue weighted by molar-refractivity contribution is 5.77. The van der Waals surface area contributed by atoms with Crippen molar-refractivity contribution in [2.45, 2.75) is 51.6 Å². The second-order valence-corrected chi connectivity index (χ2v) is 6.96. The third-order valence-electron chi connectivity index (χ3n) is 4.65. The lowest BCUT2D eigenvalue weighted by molar-refractivity contribution is -0.121. The molecular formula is C22H29NO2. The summed E-state index contributed by atoms with van der Waals surface area (Å²) >= 11 is 0. The third kappa shape index (κ3) is 6.02. The van der Waals surface area contributed by atoms with Crippen molar-refractivity contribution in [1.29, 1.82) is 0 Å². The van der Waals surface area contributed by atoms with Crippen LogP contribution in [0.4, 0.5) is 0 Å². The lowest BCUT2D eigenvalue weighted by atomic mass is 9.92. The topological polar surface area (TPSA) is 49.3 Å². The minimum Gasteiger partial charge on any atom is -0.393 e. The molecule has 2 N–H and O–H groups in total. The standard InChI is InChI=1S/C22H29NO2/c1-16-9-7-8-12-21(16)17(2)13-22(25)23-15-20(14-18(3)24)19-10-5-4-6-11-19/h4-12,17-18,20,24H,13-15H2,1-3H3,(H,23,25). The van der Waals surface area contributed by atoms with Crippen LogP contribution in [0.15, 0.2) is 54.6 Å². The number of rotatable bonds is 8. The Hall–Kier alpha value is -2.13. The quantitative estimate of drug-likeness (QED) is 0.759. The van der Waals surface area contributed by atoms with E-state index in [-0.39, 0.29) is 17.7 Å². The fraction of sp³-hybridized carbons (Fsp3) is 0.409. The van der Waals surface area contributed by atoms with Gasteiger partial charge in [-0.3, -0.25) is 4.79 Å². The van der Waals surface area contributed by atoms with Crippen LogP contribution in [0.1, 0.15) is 55.2 Å². The van der Waals surface area contributed by atoms with Gasteiger partial charge in [-0.1, -0.05) is 61.5 Å². The summed E-state index contributed by atoms with van der Waals surface area (Å²) in [6, 6.07) is 18.3. The van der Waals surface area contributed by atoms with Crippen molar-refractivity contribution in [3.05, 3.63) is 71.3 Å². The Morgan fingerprint density at radius 3 is 2.32 bits per heavy atom. The minimum atomic E-state index is -0.395. The van der Waals surface area contributed by atoms with E-state index in [9.17, 15) is 9.90 Å². The number of carbonyl (C=O) groups is 1. The molecule has 134 valence electrons. The second kappa shape index (κ2) is 9.38. The van der Waals surface area contributed by atoms with Gasteiger partial charge in [0.15, 0.2) is 0 Å². The molecule has 3 nitrogen and oxygen atoms in total. The maximum atomic E-state index is 12.4. The van der Waals surface area contributed by atoms with Crippen molar-refractivity contribution in [3.63, 3.8) is 0 Å². The molecule has 3 atom stereocenters. The monoisotopic (exact) mass is 339 g/mol. The second-order valence-electron chi connectivity index (χ2n) is 6.96. The van der Waals surface area contributed by atoms with Gasteiger partial charge in [-0.25, -0.2) is 0 Å². The minimum absolute atomic E-state index is 0.0577. The summed E-state index contributed by atoms with van der Waals surface area (Å²) in [5.74, 6) is 0.370. The normalized spacial score (nSPS) is 14.6. The molecule has 0 aromatic heterocycles. The lowest BCUT2D eigenvalue weighted by Gasteiger charge is -2.20. The van der Waals surface area contributed by atoms with Crippen LogP contribution in [0.5, 0.6) is 0 Å². The van der Waals surface area contributed by atoms with Crippen LogP contribution in [0, 0.1) is 6.92 Å². The number of amides is 1. The van der Waals surface area contributed by atoms with Gasteiger partial charge in [-0.2, -0.15) is 0 Å². The lowest BCUT2D eigenvalue weighted by Crippen LogP contribution is -2.30. The molecule has 0 aliphatic rings. The summed E-state index contributed by atoms with van der Waals surface area (Å²) in [6.07, 6.45) is 0.714. The van der Waals surface area contributed by atoms with Crippen LogP contribution in [0.2, 0.25) is 0 Å². The number of carbonyl (C=O) groups excluding carboxylic acids is 1. The Labute approximate surface area is 151 Å². The SMILES string of the molecule is Cc1ccccc1C(C)CC(=O)NCC(CC(C)O)c1ccccc1. The molecule has 0 spiro atoms. The highest BCUT2D eigenvalue weighted by atomic mass is 16.3. The Kier molecular flexibility index (Phi) is 7.20. The first-order valence-electron chi connectivity index (χ1n) is 9.02. The molecule has 2 rings (SSSR count). The van der Waals surface area contributed by atoms with E-state index >= 15 is 0 Å². The Morgan fingerprint density at radius 2 is 1.68 bits per heavy atom. The molecule has 3 heteroatoms. The molecule has 25 heavy (non-hydrogen) atoms. The fourth-order valence-corrected chi connectivity index (χ4v) is 3.31. The van der Waals surface area contributed by atoms with Crippen LogP contribution in [0.25, 0.3) is 0 Å². The number of aliphatic hydroxyl groups excluding tert-OH is 1. The molecule has 0 heterocycles. The van der Waals surface area contributed by atoms with Gasteiger partial charge in [0.2, 0.25) is 5.91 Å². The van der Waals surface area contributed by atoms with Gasteiger partial charge in [-0.15, -0.1) is 0 Å². The average Bonchev–Trinajstić information content (AvgIpc) is 2.59. The van der Waals surface area contributed by atoms with E-state index in [1.807, 2.05) is 30.3 Å². The zero-order valence-electron chi connectivity index (χ0n) is 15.4. The number of hydrogen-bond acceptors (Lipinski definition) is 2. The smallest absolute Gasteiger partial charge is 0.220 e. The first kappa shape index (κ1) is 19.2. The molecule has 2 aromatic carbocycles. The van der Waals surface area contributed by atoms with Gasteiger partial charge in [0.05, 0.1) is 6.10 Å². The van der Waals surface area contributed by atoms with Gasteiger partial charge >= 0.3 is 0 Å². The number of benzene rings is 2. The largest absolute Gasteiger partial charge is 0.393 e. The van der Waals surface area contributed by atoms with Gasteiger partial charge in [-0.05, 0) is 42.9 Å². The summed E-state index contributed by atoms with van der Waals surface area (Å²) in [5, 5.41) is 12.8. The summed E-state index contributed by atoms with van der Waals surface area (Å²) in [6.45, 7) is 6.51. The van der Waals surface area contributed by atoms with Crippen LogP contribution in [0.3, 0.4) is 0 Å². The average molecular weight is 339 g/mol. The predicted molar refractivity (Wildman–Crippen MR) is 103 cm³/mol. The summed E-state index contributed by atoms with van der Waals surface area (Å²) in [7, 11) is 0. The van der Waals surface area contributed by atoms with Gasteiger partial charge < -0.3 is 10.4 Å². The van der Waals surface area contributed by atoms with Crippen molar-refractivity contribution in [2.75, 3.05) is 6.54 Å². The maximum Gasteiger partial charge on any atom is 0.220 e. The molecule has 0 fully saturated rings. The molecule has 3 unspecified atom stereocenters. The molecule has 0 aliphatic carbocycles. The Bertz CT molecular complexity index is 667. The van der Waals surface area contributed by atoms with Crippen molar-refractivity contribution < 1.29 is 9.90 Å². The van der Waals surface area contributed by atoms with E-state index in [1.165, 1.54) is 11.1 Å². The molecule has 0 saturated carbocycles. The van der Waals surface area contributed by atoms with Crippen LogP contribution in [-0.2, 0) is 4.79 Å². The zero-order valence-corrected chi connectivity index (χ0v) is 15.4. The van der Waals surface area contributed by atoms with Crippen molar-refractivity contribution >= 4 is 5.91 Å². The summed E-state index contributed by atoms with van der Waals surface area (Å²) < 4.78 is 0. The van der Waals surface area contributed by atoms with Gasteiger partial charge in [0.25, 0.3) is 0 Å². The van der Waals surface area contributed by atoms with Crippen molar-refractivity contribution in [2.24, 2.45) is 0 Å². The molecule has 2 aromatic rings. The number of hydrogen-bond donors (Lipinski definition) is 2. The Balaban J connectivity index is 1.93. The van der Waals surface area contributed by atoms with Crippen molar-refractivity contribution in [3.8, 4) is 0 Å². The number of aryl methyl sites for hydroxylation is 1. The molecule has 0 bridgehead atoms. The summed E-state index contributed by atoms with van der Waals surface area (Å²) in [5.41, 5.74) is 3.59. The van der Waals surface area contributed by atoms with E-state index in [0.717, 1.165) is 5.56 Å². The third-order valence-corrected chi connectivity index (χ3v) is 4.65. The van der Waals surface area contributed by atoms with Crippen molar-refractivity contribution in [1.82, 2.24) is 5.32 Å². The van der Waals surface area contributed by atoms with Crippen LogP contribution < -0.4 is 5.32 Å². The molecule has 0 saturated heterocycles. The fourth-order valence-electron chi connectivity index (χ4n) is 3.31. The van der Waals surface area contributed by atoms with Gasteiger partial charge in [0, 0.05) is 18.9 Å². The van der Waals surface area contributed by atoms with E-state index in [4.69, 9.17) is 0 Å². The molecule has 0 aliphatic heterocycles. The predicted octanol–water partition coefficient (Wildman–Crippen LogP) is 4.16. The van der Waals surface area contributed by atoms with E-state index in [1.54, 1.807) is 6.92 Å². The van der Waals surface area contributed by atoms with E-state index < -0.39 is 6.10 Å². The molecular weight excluding hydrogens is 310 g/mol. The van der Waals surface area contributed by atoms with E-state index in [2.05, 4.69) is 43.4 Å². The number of nitrogens with one attached hydrogen (secondary N) is 1. The molecule has 0 radical (unpaired) electrons. The zero-order chi connectivity index (χ0) is 18.2. The highest BCUT2D eigenvalue weighted by Gasteiger charge is 2.17. The van der Waals surface area contributed by atoms with Crippen LogP contribution in [-0.4, -0.2) is 23.7 Å². The maximum absolute atomic E-state index is 12.4. The highest BCUT2D eigenvalue weighted by Crippen LogP contribution is 2.23. The van der Waals surface area contributed by atoms with Crippen LogP contribution >= 0.6 is 0 Å². The first-order chi connectivity index (χ1) is 12.0. The molecule has 1 amide bonds. The van der Waals surface area contributed by atoms with Gasteiger partial charge in [0.1, 0.15) is 0 Å². The first-order valence-corrected chi connectivity index (χ1v) is 9.02. The van der Waals surface area contributed by atoms with E-state index in [0.29, 0.717) is 19.4 Å². The number of aliphatic hydroxyl groups is 1. The Morgan fingerprint density at radius 1 is 1.04 bits per heavy atom.